The summed E-state index contributed by atoms with van der Waals surface area (Å²) in [6.07, 6.45) is 3.01. The van der Waals surface area contributed by atoms with Crippen LogP contribution in [-0.4, -0.2) is 51.9 Å². The molecule has 0 saturated carbocycles. The lowest BCUT2D eigenvalue weighted by Gasteiger charge is -2.41. The topological polar surface area (TPSA) is 62.2 Å². The molecule has 4 rings (SSSR count). The molecule has 0 amide bonds. The molecule has 6 nitrogen and oxygen atoms in total. The molecule has 0 bridgehead atoms. The average Bonchev–Trinajstić information content (AvgIpc) is 2.85. The molecule has 31 heavy (non-hydrogen) atoms. The Labute approximate surface area is 196 Å². The van der Waals surface area contributed by atoms with Crippen molar-refractivity contribution in [1.82, 2.24) is 4.90 Å². The van der Waals surface area contributed by atoms with Crippen LogP contribution in [0.15, 0.2) is 58.0 Å². The normalized spacial score (nSPS) is 23.8. The molecular formula is C22H26BrN3O3S2. The van der Waals surface area contributed by atoms with E-state index in [1.54, 1.807) is 11.8 Å². The minimum atomic E-state index is -3.79. The highest BCUT2D eigenvalue weighted by Crippen LogP contribution is 2.57. The maximum atomic E-state index is 12.6. The number of benzene rings is 2. The summed E-state index contributed by atoms with van der Waals surface area (Å²) in [5.41, 5.74) is 1.60. The summed E-state index contributed by atoms with van der Waals surface area (Å²) in [5, 5.41) is 0.532. The van der Waals surface area contributed by atoms with E-state index in [-0.39, 0.29) is 5.25 Å². The molecule has 2 unspecified atom stereocenters. The zero-order valence-electron chi connectivity index (χ0n) is 17.8. The summed E-state index contributed by atoms with van der Waals surface area (Å²) >= 11 is 5.14. The van der Waals surface area contributed by atoms with Crippen LogP contribution >= 0.6 is 27.7 Å². The van der Waals surface area contributed by atoms with Crippen LogP contribution < -0.4 is 4.90 Å². The van der Waals surface area contributed by atoms with Gasteiger partial charge in [-0.15, -0.1) is 0 Å². The Hall–Kier alpha value is -1.55. The van der Waals surface area contributed by atoms with Gasteiger partial charge in [-0.1, -0.05) is 52.0 Å². The smallest absolute Gasteiger partial charge is 0.267 e. The number of rotatable bonds is 5. The van der Waals surface area contributed by atoms with Crippen LogP contribution in [-0.2, 0) is 20.0 Å². The number of aliphatic imine (C=N–C) groups is 1. The van der Waals surface area contributed by atoms with Crippen molar-refractivity contribution in [3.8, 4) is 0 Å². The summed E-state index contributed by atoms with van der Waals surface area (Å²) in [7, 11) is 0.172. The van der Waals surface area contributed by atoms with Crippen molar-refractivity contribution >= 4 is 48.7 Å². The van der Waals surface area contributed by atoms with Crippen LogP contribution in [0.3, 0.4) is 0 Å². The summed E-state index contributed by atoms with van der Waals surface area (Å²) < 4.78 is 32.3. The van der Waals surface area contributed by atoms with E-state index in [4.69, 9.17) is 9.18 Å². The van der Waals surface area contributed by atoms with Gasteiger partial charge in [-0.3, -0.25) is 4.99 Å². The van der Waals surface area contributed by atoms with Crippen molar-refractivity contribution in [2.24, 2.45) is 4.99 Å². The average molecular weight is 525 g/mol. The van der Waals surface area contributed by atoms with E-state index in [0.717, 1.165) is 52.1 Å². The van der Waals surface area contributed by atoms with Crippen molar-refractivity contribution < 1.29 is 12.6 Å². The maximum Gasteiger partial charge on any atom is 0.267 e. The molecule has 0 aromatic heterocycles. The highest BCUT2D eigenvalue weighted by Gasteiger charge is 2.57. The van der Waals surface area contributed by atoms with Crippen LogP contribution in [0.1, 0.15) is 29.2 Å². The maximum absolute atomic E-state index is 12.6. The molecule has 2 heterocycles. The fourth-order valence-corrected chi connectivity index (χ4v) is 6.82. The minimum Gasteiger partial charge on any atom is -0.378 e. The highest BCUT2D eigenvalue weighted by molar-refractivity contribution is 9.10. The van der Waals surface area contributed by atoms with Crippen LogP contribution in [0, 0.1) is 0 Å². The third-order valence-corrected chi connectivity index (χ3v) is 7.91. The second-order valence-corrected chi connectivity index (χ2v) is 11.6. The van der Waals surface area contributed by atoms with E-state index in [0.29, 0.717) is 6.54 Å². The Morgan fingerprint density at radius 2 is 1.94 bits per heavy atom. The molecule has 0 radical (unpaired) electrons. The standard InChI is InChI=1S/C22H26BrN3O3S2/c1-25(2)19-11-9-17(10-12-19)22(29-31(3,27)28)20(16-7-6-8-18(23)15-16)30-21-24-13-4-5-14-26(21)22/h6-12,15,20H,4-5,13-14H2,1-3H3. The van der Waals surface area contributed by atoms with E-state index < -0.39 is 15.8 Å². The monoisotopic (exact) mass is 523 g/mol. The fraction of sp³-hybridized carbons (Fsp3) is 0.409. The number of fused-ring (bicyclic) bond motifs is 1. The molecule has 166 valence electrons. The first kappa shape index (κ1) is 22.6. The number of amidine groups is 1. The van der Waals surface area contributed by atoms with Gasteiger partial charge in [-0.25, -0.2) is 4.18 Å². The quantitative estimate of drug-likeness (QED) is 0.534. The van der Waals surface area contributed by atoms with E-state index in [1.807, 2.05) is 67.5 Å². The highest BCUT2D eigenvalue weighted by atomic mass is 79.9. The Morgan fingerprint density at radius 3 is 2.58 bits per heavy atom. The molecule has 0 N–H and O–H groups in total. The van der Waals surface area contributed by atoms with Crippen molar-refractivity contribution in [3.63, 3.8) is 0 Å². The molecule has 1 fully saturated rings. The lowest BCUT2D eigenvalue weighted by molar-refractivity contribution is -0.0391. The van der Waals surface area contributed by atoms with Gasteiger partial charge in [-0.05, 0) is 42.7 Å². The molecule has 0 spiro atoms. The largest absolute Gasteiger partial charge is 0.378 e. The molecule has 2 aliphatic rings. The Morgan fingerprint density at radius 1 is 1.19 bits per heavy atom. The summed E-state index contributed by atoms with van der Waals surface area (Å²) in [6, 6.07) is 15.9. The Bertz CT molecular complexity index is 1090. The van der Waals surface area contributed by atoms with Crippen molar-refractivity contribution in [2.75, 3.05) is 38.3 Å². The number of thioether (sulfide) groups is 1. The van der Waals surface area contributed by atoms with Gasteiger partial charge in [0.15, 0.2) is 5.17 Å². The molecule has 2 atom stereocenters. The van der Waals surface area contributed by atoms with Gasteiger partial charge in [0.05, 0.1) is 11.5 Å². The molecule has 9 heteroatoms. The minimum absolute atomic E-state index is 0.304. The summed E-state index contributed by atoms with van der Waals surface area (Å²) in [4.78, 5) is 8.86. The summed E-state index contributed by atoms with van der Waals surface area (Å²) in [6.45, 7) is 1.42. The first-order valence-corrected chi connectivity index (χ1v) is 13.6. The summed E-state index contributed by atoms with van der Waals surface area (Å²) in [5.74, 6) is 0. The number of halogens is 1. The molecular weight excluding hydrogens is 498 g/mol. The van der Waals surface area contributed by atoms with Crippen molar-refractivity contribution in [2.45, 2.75) is 23.8 Å². The van der Waals surface area contributed by atoms with Crippen molar-refractivity contribution in [3.05, 3.63) is 64.1 Å². The lowest BCUT2D eigenvalue weighted by Crippen LogP contribution is -2.49. The first-order chi connectivity index (χ1) is 14.7. The van der Waals surface area contributed by atoms with Gasteiger partial charge in [-0.2, -0.15) is 8.42 Å². The number of hydrogen-bond acceptors (Lipinski definition) is 7. The Balaban J connectivity index is 1.96. The number of hydrogen-bond donors (Lipinski definition) is 0. The first-order valence-electron chi connectivity index (χ1n) is 10.1. The molecule has 1 saturated heterocycles. The predicted octanol–water partition coefficient (Wildman–Crippen LogP) is 4.58. The molecule has 2 aliphatic heterocycles. The van der Waals surface area contributed by atoms with Gasteiger partial charge in [0.25, 0.3) is 10.1 Å². The Kier molecular flexibility index (Phi) is 6.40. The second-order valence-electron chi connectivity index (χ2n) is 8.00. The van der Waals surface area contributed by atoms with Crippen LogP contribution in [0.2, 0.25) is 0 Å². The van der Waals surface area contributed by atoms with Crippen molar-refractivity contribution in [1.29, 1.82) is 0 Å². The number of nitrogens with zero attached hydrogens (tertiary/aromatic N) is 3. The van der Waals surface area contributed by atoms with E-state index in [9.17, 15) is 8.42 Å². The second kappa shape index (κ2) is 8.77. The SMILES string of the molecule is CN(C)c1ccc(C2(OS(C)(=O)=O)C(c3cccc(Br)c3)SC3=NCCCCN32)cc1. The van der Waals surface area contributed by atoms with Gasteiger partial charge in [0, 0.05) is 42.9 Å². The van der Waals surface area contributed by atoms with Crippen LogP contribution in [0.4, 0.5) is 5.69 Å². The van der Waals surface area contributed by atoms with Gasteiger partial charge in [0.2, 0.25) is 5.72 Å². The van der Waals surface area contributed by atoms with E-state index >= 15 is 0 Å². The molecule has 0 aliphatic carbocycles. The number of anilines is 1. The van der Waals surface area contributed by atoms with Gasteiger partial charge < -0.3 is 9.80 Å². The van der Waals surface area contributed by atoms with Gasteiger partial charge in [0.1, 0.15) is 0 Å². The van der Waals surface area contributed by atoms with Gasteiger partial charge >= 0.3 is 0 Å². The zero-order valence-corrected chi connectivity index (χ0v) is 21.0. The van der Waals surface area contributed by atoms with E-state index in [2.05, 4.69) is 20.8 Å². The lowest BCUT2D eigenvalue weighted by atomic mass is 9.92. The third-order valence-electron chi connectivity index (χ3n) is 5.47. The fourth-order valence-electron chi connectivity index (χ4n) is 4.11. The molecule has 2 aromatic carbocycles. The predicted molar refractivity (Wildman–Crippen MR) is 131 cm³/mol. The third kappa shape index (κ3) is 4.51. The van der Waals surface area contributed by atoms with E-state index in [1.165, 1.54) is 0 Å². The molecule has 2 aromatic rings. The van der Waals surface area contributed by atoms with Crippen LogP contribution in [0.5, 0.6) is 0 Å². The van der Waals surface area contributed by atoms with Crippen LogP contribution in [0.25, 0.3) is 0 Å². The zero-order chi connectivity index (χ0) is 22.2.